The summed E-state index contributed by atoms with van der Waals surface area (Å²) in [4.78, 5) is 33.9. The number of carbonyl (C=O) groups excluding carboxylic acids is 1. The van der Waals surface area contributed by atoms with Crippen LogP contribution in [-0.2, 0) is 14.4 Å². The molecule has 0 saturated carbocycles. The van der Waals surface area contributed by atoms with Crippen molar-refractivity contribution in [1.29, 1.82) is 0 Å². The lowest BCUT2D eigenvalue weighted by atomic mass is 10.0. The van der Waals surface area contributed by atoms with Gasteiger partial charge in [-0.3, -0.25) is 9.59 Å². The van der Waals surface area contributed by atoms with Gasteiger partial charge in [-0.15, -0.1) is 0 Å². The predicted octanol–water partition coefficient (Wildman–Crippen LogP) is 4.44. The number of rotatable bonds is 21. The standard InChI is InChI=1S/C21H40N2O5S2/c1-2-3-4-5-6-7-8-9-10-11-12-13-14-19(24)23-18(21(27)28)16-30-29-15-17(22)20(25)26/h17-18H,2-16,22H2,1H3,(H,23,24)(H,25,26)(H,27,28). The first-order chi connectivity index (χ1) is 14.4. The number of unbranched alkanes of at least 4 members (excludes halogenated alkanes) is 11. The topological polar surface area (TPSA) is 130 Å². The van der Waals surface area contributed by atoms with Crippen molar-refractivity contribution in [2.75, 3.05) is 11.5 Å². The van der Waals surface area contributed by atoms with Gasteiger partial charge >= 0.3 is 11.9 Å². The molecule has 0 fully saturated rings. The summed E-state index contributed by atoms with van der Waals surface area (Å²) in [5, 5.41) is 20.5. The first-order valence-electron chi connectivity index (χ1n) is 11.1. The number of carboxylic acids is 2. The minimum absolute atomic E-state index is 0.163. The minimum atomic E-state index is -1.09. The molecule has 2 atom stereocenters. The highest BCUT2D eigenvalue weighted by molar-refractivity contribution is 8.76. The molecule has 5 N–H and O–H groups in total. The van der Waals surface area contributed by atoms with Crippen LogP contribution >= 0.6 is 21.6 Å². The van der Waals surface area contributed by atoms with Crippen LogP contribution in [0.3, 0.4) is 0 Å². The summed E-state index contributed by atoms with van der Waals surface area (Å²) >= 11 is 0. The normalized spacial score (nSPS) is 13.0. The fourth-order valence-electron chi connectivity index (χ4n) is 2.88. The maximum absolute atomic E-state index is 12.0. The summed E-state index contributed by atoms with van der Waals surface area (Å²) in [6.07, 6.45) is 15.0. The van der Waals surface area contributed by atoms with Crippen LogP contribution in [0.25, 0.3) is 0 Å². The van der Waals surface area contributed by atoms with Crippen LogP contribution < -0.4 is 11.1 Å². The summed E-state index contributed by atoms with van der Waals surface area (Å²) in [7, 11) is 2.40. The van der Waals surface area contributed by atoms with Crippen molar-refractivity contribution in [1.82, 2.24) is 5.32 Å². The van der Waals surface area contributed by atoms with E-state index < -0.39 is 24.0 Å². The number of hydrogen-bond donors (Lipinski definition) is 4. The van der Waals surface area contributed by atoms with Crippen LogP contribution in [0.15, 0.2) is 0 Å². The van der Waals surface area contributed by atoms with Gasteiger partial charge in [0.1, 0.15) is 12.1 Å². The van der Waals surface area contributed by atoms with Crippen molar-refractivity contribution < 1.29 is 24.6 Å². The van der Waals surface area contributed by atoms with Crippen molar-refractivity contribution in [3.63, 3.8) is 0 Å². The fourth-order valence-corrected chi connectivity index (χ4v) is 5.15. The second-order valence-corrected chi connectivity index (χ2v) is 10.2. The second-order valence-electron chi connectivity index (χ2n) is 7.61. The number of carboxylic acid groups (broad SMARTS) is 2. The van der Waals surface area contributed by atoms with Crippen LogP contribution in [0.4, 0.5) is 0 Å². The molecule has 30 heavy (non-hydrogen) atoms. The van der Waals surface area contributed by atoms with Gasteiger partial charge in [0.05, 0.1) is 0 Å². The molecule has 0 heterocycles. The third kappa shape index (κ3) is 17.9. The lowest BCUT2D eigenvalue weighted by Crippen LogP contribution is -2.42. The molecule has 0 aromatic rings. The Kier molecular flexibility index (Phi) is 19.4. The van der Waals surface area contributed by atoms with Crippen LogP contribution in [-0.4, -0.2) is 51.6 Å². The molecule has 7 nitrogen and oxygen atoms in total. The fraction of sp³-hybridized carbons (Fsp3) is 0.857. The zero-order chi connectivity index (χ0) is 22.6. The molecule has 0 bridgehead atoms. The van der Waals surface area contributed by atoms with Gasteiger partial charge in [0.15, 0.2) is 0 Å². The molecule has 0 spiro atoms. The second kappa shape index (κ2) is 20.0. The summed E-state index contributed by atoms with van der Waals surface area (Å²) < 4.78 is 0. The number of nitrogens with two attached hydrogens (primary N) is 1. The molecule has 0 aliphatic heterocycles. The van der Waals surface area contributed by atoms with E-state index in [1.54, 1.807) is 0 Å². The molecule has 2 unspecified atom stereocenters. The first kappa shape index (κ1) is 29.1. The molecule has 0 rings (SSSR count). The molecule has 0 radical (unpaired) electrons. The zero-order valence-corrected chi connectivity index (χ0v) is 19.9. The number of carbonyl (C=O) groups is 3. The lowest BCUT2D eigenvalue weighted by molar-refractivity contribution is -0.141. The molecule has 0 aliphatic rings. The van der Waals surface area contributed by atoms with Gasteiger partial charge in [0.2, 0.25) is 5.91 Å². The average Bonchev–Trinajstić information content (AvgIpc) is 2.70. The monoisotopic (exact) mass is 464 g/mol. The Labute approximate surface area is 189 Å². The molecule has 0 aliphatic carbocycles. The van der Waals surface area contributed by atoms with E-state index in [-0.39, 0.29) is 17.4 Å². The Hall–Kier alpha value is -0.930. The Morgan fingerprint density at radius 1 is 0.767 bits per heavy atom. The van der Waals surface area contributed by atoms with Gasteiger partial charge in [-0.1, -0.05) is 99.1 Å². The number of amides is 1. The Bertz CT molecular complexity index is 480. The lowest BCUT2D eigenvalue weighted by Gasteiger charge is -2.14. The van der Waals surface area contributed by atoms with Crippen LogP contribution in [0.1, 0.15) is 90.4 Å². The van der Waals surface area contributed by atoms with Gasteiger partial charge in [0, 0.05) is 17.9 Å². The highest BCUT2D eigenvalue weighted by Gasteiger charge is 2.20. The largest absolute Gasteiger partial charge is 0.480 e. The van der Waals surface area contributed by atoms with Gasteiger partial charge in [-0.05, 0) is 6.42 Å². The Morgan fingerprint density at radius 3 is 1.70 bits per heavy atom. The van der Waals surface area contributed by atoms with E-state index in [0.29, 0.717) is 6.42 Å². The summed E-state index contributed by atoms with van der Waals surface area (Å²) in [6, 6.07) is -1.96. The van der Waals surface area contributed by atoms with E-state index in [4.69, 9.17) is 10.8 Å². The van der Waals surface area contributed by atoms with Gasteiger partial charge in [0.25, 0.3) is 0 Å². The average molecular weight is 465 g/mol. The third-order valence-electron chi connectivity index (χ3n) is 4.77. The first-order valence-corrected chi connectivity index (χ1v) is 13.6. The van der Waals surface area contributed by atoms with E-state index in [1.807, 2.05) is 0 Å². The molecule has 0 aromatic carbocycles. The molecule has 176 valence electrons. The van der Waals surface area contributed by atoms with Gasteiger partial charge in [-0.25, -0.2) is 4.79 Å². The SMILES string of the molecule is CCCCCCCCCCCCCCC(=O)NC(CSSCC(N)C(=O)O)C(=O)O. The molecule has 0 aromatic heterocycles. The molecular formula is C21H40N2O5S2. The number of hydrogen-bond acceptors (Lipinski definition) is 6. The maximum Gasteiger partial charge on any atom is 0.327 e. The Morgan fingerprint density at radius 2 is 1.23 bits per heavy atom. The van der Waals surface area contributed by atoms with Crippen molar-refractivity contribution in [2.24, 2.45) is 5.73 Å². The van der Waals surface area contributed by atoms with Gasteiger partial charge in [-0.2, -0.15) is 0 Å². The van der Waals surface area contributed by atoms with Crippen LogP contribution in [0, 0.1) is 0 Å². The number of aliphatic carboxylic acids is 2. The van der Waals surface area contributed by atoms with Crippen molar-refractivity contribution in [2.45, 2.75) is 102 Å². The van der Waals surface area contributed by atoms with E-state index >= 15 is 0 Å². The van der Waals surface area contributed by atoms with Crippen molar-refractivity contribution in [3.05, 3.63) is 0 Å². The predicted molar refractivity (Wildman–Crippen MR) is 126 cm³/mol. The highest BCUT2D eigenvalue weighted by atomic mass is 33.1. The molecular weight excluding hydrogens is 424 g/mol. The zero-order valence-electron chi connectivity index (χ0n) is 18.3. The van der Waals surface area contributed by atoms with Crippen molar-refractivity contribution >= 4 is 39.4 Å². The minimum Gasteiger partial charge on any atom is -0.480 e. The van der Waals surface area contributed by atoms with Crippen molar-refractivity contribution in [3.8, 4) is 0 Å². The number of nitrogens with one attached hydrogen (secondary N) is 1. The summed E-state index contributed by atoms with van der Waals surface area (Å²) in [6.45, 7) is 2.23. The van der Waals surface area contributed by atoms with Crippen LogP contribution in [0.2, 0.25) is 0 Å². The van der Waals surface area contributed by atoms with E-state index in [9.17, 15) is 19.5 Å². The Balaban J connectivity index is 3.69. The molecule has 9 heteroatoms. The third-order valence-corrected chi connectivity index (χ3v) is 7.22. The summed E-state index contributed by atoms with van der Waals surface area (Å²) in [5.74, 6) is -2.08. The van der Waals surface area contributed by atoms with E-state index in [1.165, 1.54) is 79.4 Å². The smallest absolute Gasteiger partial charge is 0.327 e. The molecule has 1 amide bonds. The summed E-state index contributed by atoms with van der Waals surface area (Å²) in [5.41, 5.74) is 5.39. The quantitative estimate of drug-likeness (QED) is 0.145. The van der Waals surface area contributed by atoms with E-state index in [2.05, 4.69) is 12.2 Å². The maximum atomic E-state index is 12.0. The van der Waals surface area contributed by atoms with Crippen LogP contribution in [0.5, 0.6) is 0 Å². The van der Waals surface area contributed by atoms with E-state index in [0.717, 1.165) is 19.3 Å². The highest BCUT2D eigenvalue weighted by Crippen LogP contribution is 2.22. The molecule has 0 saturated heterocycles. The van der Waals surface area contributed by atoms with Gasteiger partial charge < -0.3 is 21.3 Å².